The van der Waals surface area contributed by atoms with Crippen LogP contribution in [0.3, 0.4) is 0 Å². The van der Waals surface area contributed by atoms with E-state index in [2.05, 4.69) is 0 Å². The number of hydrogen-bond donors (Lipinski definition) is 2. The number of aliphatic hydroxyl groups excluding tert-OH is 1. The van der Waals surface area contributed by atoms with E-state index >= 15 is 0 Å². The predicted molar refractivity (Wildman–Crippen MR) is 59.9 cm³/mol. The van der Waals surface area contributed by atoms with E-state index in [0.29, 0.717) is 17.2 Å². The van der Waals surface area contributed by atoms with Gasteiger partial charge in [-0.05, 0) is 24.3 Å². The maximum Gasteiger partial charge on any atom is 0.124 e. The van der Waals surface area contributed by atoms with E-state index < -0.39 is 0 Å². The minimum Gasteiger partial charge on any atom is -0.507 e. The van der Waals surface area contributed by atoms with Gasteiger partial charge in [0.25, 0.3) is 0 Å². The highest BCUT2D eigenvalue weighted by molar-refractivity contribution is 5.42. The van der Waals surface area contributed by atoms with Gasteiger partial charge in [-0.15, -0.1) is 0 Å². The smallest absolute Gasteiger partial charge is 0.124 e. The Balaban J connectivity index is 2.26. The van der Waals surface area contributed by atoms with Crippen molar-refractivity contribution in [1.29, 1.82) is 0 Å². The maximum absolute atomic E-state index is 9.98. The van der Waals surface area contributed by atoms with Crippen molar-refractivity contribution in [3.05, 3.63) is 29.3 Å². The average molecular weight is 206 g/mol. The van der Waals surface area contributed by atoms with Crippen LogP contribution >= 0.6 is 0 Å². The van der Waals surface area contributed by atoms with Gasteiger partial charge in [-0.25, -0.2) is 0 Å². The van der Waals surface area contributed by atoms with Crippen molar-refractivity contribution >= 4 is 0 Å². The summed E-state index contributed by atoms with van der Waals surface area (Å²) in [4.78, 5) is 0. The zero-order valence-corrected chi connectivity index (χ0v) is 8.95. The van der Waals surface area contributed by atoms with Gasteiger partial charge in [0.1, 0.15) is 5.75 Å². The SMILES string of the molecule is OCc1cccc(C2CCCCC2)c1O. The van der Waals surface area contributed by atoms with Crippen LogP contribution in [0.5, 0.6) is 5.75 Å². The number of benzene rings is 1. The summed E-state index contributed by atoms with van der Waals surface area (Å²) in [5, 5.41) is 19.1. The fraction of sp³-hybridized carbons (Fsp3) is 0.538. The molecule has 15 heavy (non-hydrogen) atoms. The molecule has 82 valence electrons. The quantitative estimate of drug-likeness (QED) is 0.781. The molecule has 0 atom stereocenters. The molecule has 1 aromatic rings. The Morgan fingerprint density at radius 1 is 1.13 bits per heavy atom. The second-order valence-electron chi connectivity index (χ2n) is 4.35. The van der Waals surface area contributed by atoms with Crippen LogP contribution < -0.4 is 0 Å². The topological polar surface area (TPSA) is 40.5 Å². The number of hydrogen-bond acceptors (Lipinski definition) is 2. The molecule has 0 bridgehead atoms. The molecule has 0 radical (unpaired) electrons. The van der Waals surface area contributed by atoms with Crippen LogP contribution in [-0.4, -0.2) is 10.2 Å². The fourth-order valence-corrected chi connectivity index (χ4v) is 2.48. The zero-order valence-electron chi connectivity index (χ0n) is 8.95. The molecule has 0 aliphatic heterocycles. The van der Waals surface area contributed by atoms with Crippen molar-refractivity contribution in [2.24, 2.45) is 0 Å². The van der Waals surface area contributed by atoms with Crippen molar-refractivity contribution in [2.45, 2.75) is 44.6 Å². The minimum absolute atomic E-state index is 0.0770. The lowest BCUT2D eigenvalue weighted by Gasteiger charge is -2.23. The van der Waals surface area contributed by atoms with Crippen LogP contribution in [0.2, 0.25) is 0 Å². The summed E-state index contributed by atoms with van der Waals surface area (Å²) < 4.78 is 0. The summed E-state index contributed by atoms with van der Waals surface area (Å²) in [5.41, 5.74) is 1.68. The van der Waals surface area contributed by atoms with Crippen molar-refractivity contribution in [1.82, 2.24) is 0 Å². The molecule has 0 spiro atoms. The molecule has 1 aliphatic carbocycles. The first-order chi connectivity index (χ1) is 7.33. The van der Waals surface area contributed by atoms with Gasteiger partial charge in [-0.1, -0.05) is 37.5 Å². The van der Waals surface area contributed by atoms with Gasteiger partial charge in [0.2, 0.25) is 0 Å². The van der Waals surface area contributed by atoms with Gasteiger partial charge >= 0.3 is 0 Å². The summed E-state index contributed by atoms with van der Waals surface area (Å²) in [6.07, 6.45) is 6.17. The molecule has 2 rings (SSSR count). The maximum atomic E-state index is 9.98. The highest BCUT2D eigenvalue weighted by Crippen LogP contribution is 2.38. The van der Waals surface area contributed by atoms with Crippen LogP contribution in [0.4, 0.5) is 0 Å². The minimum atomic E-state index is -0.0770. The molecule has 0 heterocycles. The third-order valence-corrected chi connectivity index (χ3v) is 3.37. The Morgan fingerprint density at radius 3 is 2.53 bits per heavy atom. The Bertz CT molecular complexity index is 327. The lowest BCUT2D eigenvalue weighted by atomic mass is 9.83. The van der Waals surface area contributed by atoms with Crippen molar-refractivity contribution in [2.75, 3.05) is 0 Å². The number of phenols is 1. The van der Waals surface area contributed by atoms with Crippen LogP contribution in [-0.2, 0) is 6.61 Å². The van der Waals surface area contributed by atoms with E-state index in [1.807, 2.05) is 12.1 Å². The Hall–Kier alpha value is -1.02. The molecule has 1 fully saturated rings. The summed E-state index contributed by atoms with van der Waals surface area (Å²) in [6.45, 7) is -0.0770. The molecule has 2 nitrogen and oxygen atoms in total. The standard InChI is InChI=1S/C13H18O2/c14-9-11-7-4-8-12(13(11)15)10-5-2-1-3-6-10/h4,7-8,10,14-15H,1-3,5-6,9H2. The van der Waals surface area contributed by atoms with Crippen LogP contribution in [0.25, 0.3) is 0 Å². The molecule has 1 aromatic carbocycles. The molecule has 0 unspecified atom stereocenters. The third kappa shape index (κ3) is 2.15. The van der Waals surface area contributed by atoms with Crippen molar-refractivity contribution in [3.63, 3.8) is 0 Å². The van der Waals surface area contributed by atoms with E-state index in [1.54, 1.807) is 6.07 Å². The monoisotopic (exact) mass is 206 g/mol. The summed E-state index contributed by atoms with van der Waals surface area (Å²) >= 11 is 0. The van der Waals surface area contributed by atoms with Crippen molar-refractivity contribution < 1.29 is 10.2 Å². The number of aliphatic hydroxyl groups is 1. The fourth-order valence-electron chi connectivity index (χ4n) is 2.48. The molecule has 0 aromatic heterocycles. The number of para-hydroxylation sites is 1. The highest BCUT2D eigenvalue weighted by atomic mass is 16.3. The summed E-state index contributed by atoms with van der Waals surface area (Å²) in [5.74, 6) is 0.803. The molecule has 2 heteroatoms. The molecule has 0 saturated heterocycles. The van der Waals surface area contributed by atoms with Gasteiger partial charge < -0.3 is 10.2 Å². The summed E-state index contributed by atoms with van der Waals surface area (Å²) in [6, 6.07) is 5.70. The van der Waals surface area contributed by atoms with Crippen molar-refractivity contribution in [3.8, 4) is 5.75 Å². The molecule has 2 N–H and O–H groups in total. The van der Waals surface area contributed by atoms with Gasteiger partial charge in [-0.3, -0.25) is 0 Å². The van der Waals surface area contributed by atoms with E-state index in [1.165, 1.54) is 32.1 Å². The number of rotatable bonds is 2. The number of aromatic hydroxyl groups is 1. The molecule has 1 saturated carbocycles. The van der Waals surface area contributed by atoms with E-state index in [0.717, 1.165) is 5.56 Å². The Kier molecular flexibility index (Phi) is 3.27. The van der Waals surface area contributed by atoms with Crippen LogP contribution in [0, 0.1) is 0 Å². The summed E-state index contributed by atoms with van der Waals surface area (Å²) in [7, 11) is 0. The first-order valence-electron chi connectivity index (χ1n) is 5.74. The largest absolute Gasteiger partial charge is 0.507 e. The Morgan fingerprint density at radius 2 is 1.87 bits per heavy atom. The second kappa shape index (κ2) is 4.67. The predicted octanol–water partition coefficient (Wildman–Crippen LogP) is 2.93. The third-order valence-electron chi connectivity index (χ3n) is 3.37. The molecular weight excluding hydrogens is 188 g/mol. The van der Waals surface area contributed by atoms with Gasteiger partial charge in [-0.2, -0.15) is 0 Å². The molecule has 0 amide bonds. The van der Waals surface area contributed by atoms with Gasteiger partial charge in [0.05, 0.1) is 6.61 Å². The van der Waals surface area contributed by atoms with Crippen LogP contribution in [0.1, 0.15) is 49.1 Å². The highest BCUT2D eigenvalue weighted by Gasteiger charge is 2.19. The lowest BCUT2D eigenvalue weighted by Crippen LogP contribution is -2.05. The first kappa shape index (κ1) is 10.5. The lowest BCUT2D eigenvalue weighted by molar-refractivity contribution is 0.274. The van der Waals surface area contributed by atoms with Crippen LogP contribution in [0.15, 0.2) is 18.2 Å². The second-order valence-corrected chi connectivity index (χ2v) is 4.35. The molecular formula is C13H18O2. The van der Waals surface area contributed by atoms with E-state index in [-0.39, 0.29) is 6.61 Å². The molecule has 1 aliphatic rings. The first-order valence-corrected chi connectivity index (χ1v) is 5.74. The zero-order chi connectivity index (χ0) is 10.7. The normalized spacial score (nSPS) is 17.9. The van der Waals surface area contributed by atoms with Gasteiger partial charge in [0.15, 0.2) is 0 Å². The van der Waals surface area contributed by atoms with E-state index in [9.17, 15) is 5.11 Å². The van der Waals surface area contributed by atoms with E-state index in [4.69, 9.17) is 5.11 Å². The van der Waals surface area contributed by atoms with Gasteiger partial charge in [0, 0.05) is 5.56 Å². The average Bonchev–Trinajstić information content (AvgIpc) is 2.30. The Labute approximate surface area is 90.6 Å².